The van der Waals surface area contributed by atoms with Crippen LogP contribution < -0.4 is 0 Å². The van der Waals surface area contributed by atoms with Gasteiger partial charge < -0.3 is 0 Å². The third kappa shape index (κ3) is 25.9. The van der Waals surface area contributed by atoms with Crippen molar-refractivity contribution in [2.24, 2.45) is 0 Å². The van der Waals surface area contributed by atoms with Crippen LogP contribution in [0.15, 0.2) is 105 Å². The minimum atomic E-state index is 1.14. The van der Waals surface area contributed by atoms with E-state index < -0.39 is 0 Å². The highest BCUT2D eigenvalue weighted by Gasteiger charge is 1.95. The van der Waals surface area contributed by atoms with Crippen LogP contribution in [0, 0.1) is 0 Å². The Hall–Kier alpha value is -2.34. The van der Waals surface area contributed by atoms with E-state index in [-0.39, 0.29) is 0 Å². The Balaban J connectivity index is 4.28. The predicted molar refractivity (Wildman–Crippen MR) is 186 cm³/mol. The van der Waals surface area contributed by atoms with Gasteiger partial charge in [-0.2, -0.15) is 0 Å². The van der Waals surface area contributed by atoms with Gasteiger partial charge in [-0.1, -0.05) is 105 Å². The van der Waals surface area contributed by atoms with Crippen molar-refractivity contribution in [3.63, 3.8) is 0 Å². The molecule has 0 aromatic rings. The van der Waals surface area contributed by atoms with Crippen LogP contribution in [0.3, 0.4) is 0 Å². The lowest BCUT2D eigenvalue weighted by molar-refractivity contribution is 0.897. The number of unbranched alkanes of at least 4 members (excludes halogenated alkanes) is 1. The van der Waals surface area contributed by atoms with Gasteiger partial charge in [0.05, 0.1) is 0 Å². The molecule has 0 aliphatic carbocycles. The first kappa shape index (κ1) is 37.7. The fourth-order valence-electron chi connectivity index (χ4n) is 4.34. The quantitative estimate of drug-likeness (QED) is 0.0812. The number of hydrogen-bond donors (Lipinski definition) is 0. The summed E-state index contributed by atoms with van der Waals surface area (Å²) in [5.74, 6) is 0. The third-order valence-corrected chi connectivity index (χ3v) is 7.18. The SMILES string of the molecule is CC(C)=CCC/C(C)=C/CC/C=C(\C)CC/C(C)=C/C=C/C=C(\C)CC/C=C(\C)CC/C=C(\C)CCC=C(C)C. The molecule has 0 saturated carbocycles. The zero-order chi connectivity index (χ0) is 30.2. The summed E-state index contributed by atoms with van der Waals surface area (Å²) in [5.41, 5.74) is 11.8. The lowest BCUT2D eigenvalue weighted by Crippen LogP contribution is -1.82. The van der Waals surface area contributed by atoms with E-state index in [9.17, 15) is 0 Å². The van der Waals surface area contributed by atoms with Gasteiger partial charge in [0.2, 0.25) is 0 Å². The maximum absolute atomic E-state index is 2.43. The van der Waals surface area contributed by atoms with Gasteiger partial charge in [-0.25, -0.2) is 0 Å². The maximum Gasteiger partial charge on any atom is -0.0283 e. The molecule has 0 heteroatoms. The molecule has 0 amide bonds. The van der Waals surface area contributed by atoms with Crippen molar-refractivity contribution in [2.75, 3.05) is 0 Å². The molecule has 0 heterocycles. The molecule has 0 aliphatic heterocycles. The van der Waals surface area contributed by atoms with Gasteiger partial charge in [0, 0.05) is 0 Å². The molecule has 0 N–H and O–H groups in total. The van der Waals surface area contributed by atoms with Crippen molar-refractivity contribution in [3.05, 3.63) is 105 Å². The molecule has 0 rings (SSSR count). The Morgan fingerprint density at radius 3 is 0.975 bits per heavy atom. The lowest BCUT2D eigenvalue weighted by atomic mass is 10.0. The second-order valence-corrected chi connectivity index (χ2v) is 12.4. The molecule has 0 radical (unpaired) electrons. The van der Waals surface area contributed by atoms with Crippen LogP contribution in [-0.2, 0) is 0 Å². The Kier molecular flexibility index (Phi) is 23.0. The van der Waals surface area contributed by atoms with Crippen LogP contribution in [0.2, 0.25) is 0 Å². The van der Waals surface area contributed by atoms with Gasteiger partial charge in [-0.05, 0) is 146 Å². The Labute approximate surface area is 251 Å². The molecular weight excluding hydrogens is 480 g/mol. The summed E-state index contributed by atoms with van der Waals surface area (Å²) in [6, 6.07) is 0. The van der Waals surface area contributed by atoms with Crippen molar-refractivity contribution in [1.82, 2.24) is 0 Å². The molecule has 0 aliphatic rings. The largest absolute Gasteiger partial charge is 0.0856 e. The summed E-state index contributed by atoms with van der Waals surface area (Å²) in [5, 5.41) is 0. The molecule has 0 nitrogen and oxygen atoms in total. The molecule has 0 spiro atoms. The van der Waals surface area contributed by atoms with Crippen molar-refractivity contribution >= 4 is 0 Å². The van der Waals surface area contributed by atoms with E-state index in [0.29, 0.717) is 0 Å². The van der Waals surface area contributed by atoms with Crippen LogP contribution in [-0.4, -0.2) is 0 Å². The highest BCUT2D eigenvalue weighted by molar-refractivity contribution is 5.19. The van der Waals surface area contributed by atoms with Gasteiger partial charge in [0.1, 0.15) is 0 Å². The van der Waals surface area contributed by atoms with Crippen LogP contribution >= 0.6 is 0 Å². The molecule has 0 aromatic heterocycles. The fraction of sp³-hybridized carbons (Fsp3) is 0.550. The second-order valence-electron chi connectivity index (χ2n) is 12.4. The summed E-state index contributed by atoms with van der Waals surface area (Å²) in [6.45, 7) is 22.3. The van der Waals surface area contributed by atoms with Crippen molar-refractivity contribution in [3.8, 4) is 0 Å². The monoisotopic (exact) mass is 545 g/mol. The first-order valence-corrected chi connectivity index (χ1v) is 15.9. The van der Waals surface area contributed by atoms with E-state index in [4.69, 9.17) is 0 Å². The van der Waals surface area contributed by atoms with Gasteiger partial charge in [-0.15, -0.1) is 0 Å². The number of rotatable bonds is 20. The molecule has 0 fully saturated rings. The molecule has 0 aromatic carbocycles. The average Bonchev–Trinajstić information content (AvgIpc) is 2.87. The summed E-state index contributed by atoms with van der Waals surface area (Å²) in [6.07, 6.45) is 37.2. The van der Waals surface area contributed by atoms with Crippen LogP contribution in [0.5, 0.6) is 0 Å². The molecule has 224 valence electrons. The minimum absolute atomic E-state index is 1.14. The molecular formula is C40H64. The van der Waals surface area contributed by atoms with Crippen LogP contribution in [0.4, 0.5) is 0 Å². The molecule has 40 heavy (non-hydrogen) atoms. The van der Waals surface area contributed by atoms with Gasteiger partial charge in [0.15, 0.2) is 0 Å². The standard InChI is InChI=1S/C40H64/c1-33(2)19-15-25-35(5)21-11-13-23-39(9)31-32-40(10)24-14-12-22-36(6)27-17-29-38(8)30-18-28-37(7)26-16-20-34(3)4/h12,14,19-24,28-29H,11,13,15-18,25-27,30-32H2,1-10H3/b14-12+,35-21+,36-22+,37-28+,38-29+,39-23+,40-24+. The van der Waals surface area contributed by atoms with E-state index in [2.05, 4.69) is 130 Å². The minimum Gasteiger partial charge on any atom is -0.0856 e. The summed E-state index contributed by atoms with van der Waals surface area (Å²) >= 11 is 0. The third-order valence-electron chi connectivity index (χ3n) is 7.18. The maximum atomic E-state index is 2.43. The average molecular weight is 545 g/mol. The summed E-state index contributed by atoms with van der Waals surface area (Å²) in [7, 11) is 0. The molecule has 0 bridgehead atoms. The summed E-state index contributed by atoms with van der Waals surface area (Å²) in [4.78, 5) is 0. The molecule has 0 atom stereocenters. The topological polar surface area (TPSA) is 0 Å². The fourth-order valence-corrected chi connectivity index (χ4v) is 4.34. The zero-order valence-electron chi connectivity index (χ0n) is 28.3. The Bertz CT molecular complexity index is 967. The van der Waals surface area contributed by atoms with Crippen molar-refractivity contribution in [1.29, 1.82) is 0 Å². The van der Waals surface area contributed by atoms with Crippen LogP contribution in [0.1, 0.15) is 146 Å². The Morgan fingerprint density at radius 1 is 0.300 bits per heavy atom. The lowest BCUT2D eigenvalue weighted by Gasteiger charge is -2.03. The van der Waals surface area contributed by atoms with E-state index in [1.165, 1.54) is 76.7 Å². The first-order chi connectivity index (χ1) is 19.0. The highest BCUT2D eigenvalue weighted by Crippen LogP contribution is 2.15. The molecule has 0 saturated heterocycles. The second kappa shape index (κ2) is 24.5. The smallest absolute Gasteiger partial charge is 0.0283 e. The summed E-state index contributed by atoms with van der Waals surface area (Å²) < 4.78 is 0. The predicted octanol–water partition coefficient (Wildman–Crippen LogP) is 13.8. The van der Waals surface area contributed by atoms with E-state index in [1.807, 2.05) is 0 Å². The van der Waals surface area contributed by atoms with Crippen LogP contribution in [0.25, 0.3) is 0 Å². The first-order valence-electron chi connectivity index (χ1n) is 15.9. The number of allylic oxidation sites excluding steroid dienone is 18. The normalized spacial score (nSPS) is 14.2. The van der Waals surface area contributed by atoms with E-state index >= 15 is 0 Å². The van der Waals surface area contributed by atoms with Gasteiger partial charge >= 0.3 is 0 Å². The molecule has 0 unspecified atom stereocenters. The van der Waals surface area contributed by atoms with Crippen molar-refractivity contribution < 1.29 is 0 Å². The zero-order valence-corrected chi connectivity index (χ0v) is 28.3. The number of hydrogen-bond acceptors (Lipinski definition) is 0. The van der Waals surface area contributed by atoms with Gasteiger partial charge in [-0.3, -0.25) is 0 Å². The van der Waals surface area contributed by atoms with Crippen molar-refractivity contribution in [2.45, 2.75) is 146 Å². The highest BCUT2D eigenvalue weighted by atomic mass is 14.0. The van der Waals surface area contributed by atoms with E-state index in [0.717, 1.165) is 44.9 Å². The van der Waals surface area contributed by atoms with Gasteiger partial charge in [0.25, 0.3) is 0 Å². The van der Waals surface area contributed by atoms with E-state index in [1.54, 1.807) is 0 Å². The Morgan fingerprint density at radius 2 is 0.575 bits per heavy atom.